The maximum Gasteiger partial charge on any atom is 0.0540 e. The molecular formula is C84H62N2. The molecule has 14 aromatic rings. The SMILES string of the molecule is CC1(C)c2cc(/C=C/c3cccc4c(/C=C/c5ccc6c(c5)C(C)(C)c5cc(N(c7cccc8ccccc78)c7cccc8ccccc78)ccc5-6)cccc34)ccc2-c2ccc(N(c3cccc4ccccc34)c3cccc4ccccc34)cc21. The fourth-order valence-electron chi connectivity index (χ4n) is 14.4. The van der Waals surface area contributed by atoms with E-state index in [1.807, 2.05) is 0 Å². The van der Waals surface area contributed by atoms with E-state index >= 15 is 0 Å². The number of hydrogen-bond donors (Lipinski definition) is 0. The number of hydrogen-bond acceptors (Lipinski definition) is 2. The molecule has 0 bridgehead atoms. The van der Waals surface area contributed by atoms with Crippen LogP contribution in [0.4, 0.5) is 34.1 Å². The second kappa shape index (κ2) is 20.1. The first kappa shape index (κ1) is 51.1. The number of benzene rings is 14. The molecule has 0 fully saturated rings. The van der Waals surface area contributed by atoms with Gasteiger partial charge in [0.05, 0.1) is 22.7 Å². The Morgan fingerprint density at radius 3 is 0.872 bits per heavy atom. The standard InChI is InChI=1S/C84H62N2/c1-83(2)75-51-55(41-47-71(75)73-49-45-63(53-77(73)83)85(79-35-15-25-57-19-5-9-29-67(57)79)80-36-16-26-58-20-6-10-30-68(58)80)39-43-61-23-13-34-66-62(24-14-33-65(61)66)44-40-56-42-48-72-74-50-46-64(54-78(74)84(3,4)76(72)52-56)86(81-37-17-27-59-21-7-11-31-69(59)81)82-38-18-28-60-22-8-12-32-70(60)82/h5-54H,1-4H3/b43-39+,44-40+. The molecule has 14 aromatic carbocycles. The highest BCUT2D eigenvalue weighted by Gasteiger charge is 2.38. The molecule has 0 aliphatic heterocycles. The fraction of sp³-hybridized carbons (Fsp3) is 0.0714. The molecule has 16 rings (SSSR count). The average molecular weight is 1100 g/mol. The van der Waals surface area contributed by atoms with Crippen LogP contribution in [-0.2, 0) is 10.8 Å². The van der Waals surface area contributed by atoms with Gasteiger partial charge in [-0.15, -0.1) is 0 Å². The normalized spacial score (nSPS) is 13.7. The monoisotopic (exact) mass is 1100 g/mol. The summed E-state index contributed by atoms with van der Waals surface area (Å²) >= 11 is 0. The van der Waals surface area contributed by atoms with Crippen molar-refractivity contribution in [1.29, 1.82) is 0 Å². The third-order valence-corrected chi connectivity index (χ3v) is 18.8. The molecule has 0 atom stereocenters. The summed E-state index contributed by atoms with van der Waals surface area (Å²) in [7, 11) is 0. The van der Waals surface area contributed by atoms with E-state index in [4.69, 9.17) is 0 Å². The molecule has 0 aromatic heterocycles. The van der Waals surface area contributed by atoms with E-state index in [-0.39, 0.29) is 10.8 Å². The van der Waals surface area contributed by atoms with Gasteiger partial charge in [-0.1, -0.05) is 283 Å². The Labute approximate surface area is 503 Å². The summed E-state index contributed by atoms with van der Waals surface area (Å²) in [6.45, 7) is 9.56. The van der Waals surface area contributed by atoms with Crippen molar-refractivity contribution in [3.63, 3.8) is 0 Å². The van der Waals surface area contributed by atoms with Crippen LogP contribution in [0.3, 0.4) is 0 Å². The van der Waals surface area contributed by atoms with Gasteiger partial charge in [-0.3, -0.25) is 0 Å². The van der Waals surface area contributed by atoms with Crippen LogP contribution in [0.15, 0.2) is 279 Å². The van der Waals surface area contributed by atoms with Crippen molar-refractivity contribution in [2.24, 2.45) is 0 Å². The minimum absolute atomic E-state index is 0.227. The van der Waals surface area contributed by atoms with Crippen molar-refractivity contribution in [2.75, 3.05) is 9.80 Å². The van der Waals surface area contributed by atoms with Crippen molar-refractivity contribution >= 4 is 112 Å². The van der Waals surface area contributed by atoms with Crippen LogP contribution in [0.2, 0.25) is 0 Å². The first-order valence-corrected chi connectivity index (χ1v) is 30.1. The topological polar surface area (TPSA) is 6.48 Å². The summed E-state index contributed by atoms with van der Waals surface area (Å²) in [5, 5.41) is 12.3. The summed E-state index contributed by atoms with van der Waals surface area (Å²) in [5.41, 5.74) is 21.9. The van der Waals surface area contributed by atoms with Gasteiger partial charge in [0.15, 0.2) is 0 Å². The highest BCUT2D eigenvalue weighted by atomic mass is 15.2. The lowest BCUT2D eigenvalue weighted by Gasteiger charge is -2.30. The molecular weight excluding hydrogens is 1040 g/mol. The zero-order chi connectivity index (χ0) is 57.7. The van der Waals surface area contributed by atoms with E-state index in [1.54, 1.807) is 0 Å². The summed E-state index contributed by atoms with van der Waals surface area (Å²) in [6.07, 6.45) is 9.18. The molecule has 2 aliphatic rings. The highest BCUT2D eigenvalue weighted by Crippen LogP contribution is 2.54. The summed E-state index contributed by atoms with van der Waals surface area (Å²) in [4.78, 5) is 4.94. The second-order valence-corrected chi connectivity index (χ2v) is 24.4. The van der Waals surface area contributed by atoms with Crippen molar-refractivity contribution in [1.82, 2.24) is 0 Å². The maximum absolute atomic E-state index is 2.47. The van der Waals surface area contributed by atoms with Gasteiger partial charge >= 0.3 is 0 Å². The Bertz CT molecular complexity index is 4650. The molecule has 0 N–H and O–H groups in total. The van der Waals surface area contributed by atoms with E-state index in [0.717, 1.165) is 11.4 Å². The van der Waals surface area contributed by atoms with Crippen molar-refractivity contribution in [3.8, 4) is 22.3 Å². The van der Waals surface area contributed by atoms with E-state index < -0.39 is 0 Å². The zero-order valence-corrected chi connectivity index (χ0v) is 48.8. The summed E-state index contributed by atoms with van der Waals surface area (Å²) < 4.78 is 0. The lowest BCUT2D eigenvalue weighted by Crippen LogP contribution is -2.17. The number of nitrogens with zero attached hydrogens (tertiary/aromatic N) is 2. The van der Waals surface area contributed by atoms with Crippen molar-refractivity contribution in [3.05, 3.63) is 324 Å². The van der Waals surface area contributed by atoms with Crippen LogP contribution in [0.25, 0.3) is 100 Å². The first-order valence-electron chi connectivity index (χ1n) is 30.1. The number of rotatable bonds is 10. The Balaban J connectivity index is 0.687. The predicted molar refractivity (Wildman–Crippen MR) is 369 cm³/mol. The summed E-state index contributed by atoms with van der Waals surface area (Å²) in [5.74, 6) is 0. The molecule has 408 valence electrons. The van der Waals surface area contributed by atoms with Gasteiger partial charge in [0, 0.05) is 43.7 Å². The Morgan fingerprint density at radius 2 is 0.523 bits per heavy atom. The molecule has 2 aliphatic carbocycles. The van der Waals surface area contributed by atoms with E-state index in [2.05, 4.69) is 341 Å². The van der Waals surface area contributed by atoms with Gasteiger partial charge in [-0.05, 0) is 148 Å². The quantitative estimate of drug-likeness (QED) is 0.126. The largest absolute Gasteiger partial charge is 0.309 e. The van der Waals surface area contributed by atoms with Crippen molar-refractivity contribution in [2.45, 2.75) is 38.5 Å². The van der Waals surface area contributed by atoms with Crippen LogP contribution in [0.5, 0.6) is 0 Å². The molecule has 0 unspecified atom stereocenters. The minimum Gasteiger partial charge on any atom is -0.309 e. The molecule has 0 spiro atoms. The lowest BCUT2D eigenvalue weighted by molar-refractivity contribution is 0.660. The lowest BCUT2D eigenvalue weighted by atomic mass is 9.81. The summed E-state index contributed by atoms with van der Waals surface area (Å²) in [6, 6.07) is 103. The van der Waals surface area contributed by atoms with E-state index in [1.165, 1.54) is 143 Å². The minimum atomic E-state index is -0.227. The molecule has 0 saturated carbocycles. The highest BCUT2D eigenvalue weighted by molar-refractivity contribution is 6.07. The van der Waals surface area contributed by atoms with Gasteiger partial charge in [0.25, 0.3) is 0 Å². The van der Waals surface area contributed by atoms with Gasteiger partial charge in [-0.2, -0.15) is 0 Å². The first-order chi connectivity index (χ1) is 42.2. The molecule has 0 amide bonds. The van der Waals surface area contributed by atoms with Gasteiger partial charge in [0.2, 0.25) is 0 Å². The zero-order valence-electron chi connectivity index (χ0n) is 48.8. The number of fused-ring (bicyclic) bond motifs is 11. The van der Waals surface area contributed by atoms with Gasteiger partial charge in [0.1, 0.15) is 0 Å². The molecule has 0 radical (unpaired) electrons. The molecule has 0 saturated heterocycles. The third-order valence-electron chi connectivity index (χ3n) is 18.8. The smallest absolute Gasteiger partial charge is 0.0540 e. The van der Waals surface area contributed by atoms with Crippen LogP contribution in [-0.4, -0.2) is 0 Å². The Hall–Kier alpha value is -10.5. The Morgan fingerprint density at radius 1 is 0.244 bits per heavy atom. The molecule has 2 heteroatoms. The molecule has 2 nitrogen and oxygen atoms in total. The van der Waals surface area contributed by atoms with E-state index in [9.17, 15) is 0 Å². The molecule has 0 heterocycles. The van der Waals surface area contributed by atoms with Crippen LogP contribution in [0, 0.1) is 0 Å². The number of anilines is 6. The van der Waals surface area contributed by atoms with Crippen molar-refractivity contribution < 1.29 is 0 Å². The second-order valence-electron chi connectivity index (χ2n) is 24.4. The van der Waals surface area contributed by atoms with Crippen LogP contribution >= 0.6 is 0 Å². The Kier molecular flexibility index (Phi) is 11.9. The average Bonchev–Trinajstić information content (AvgIpc) is 1.62. The van der Waals surface area contributed by atoms with Gasteiger partial charge < -0.3 is 9.80 Å². The van der Waals surface area contributed by atoms with E-state index in [0.29, 0.717) is 0 Å². The maximum atomic E-state index is 2.47. The fourth-order valence-corrected chi connectivity index (χ4v) is 14.4. The predicted octanol–water partition coefficient (Wildman–Crippen LogP) is 23.3. The third kappa shape index (κ3) is 8.31. The van der Waals surface area contributed by atoms with Crippen LogP contribution in [0.1, 0.15) is 72.2 Å². The molecule has 86 heavy (non-hydrogen) atoms. The van der Waals surface area contributed by atoms with Crippen LogP contribution < -0.4 is 9.80 Å². The van der Waals surface area contributed by atoms with Gasteiger partial charge in [-0.25, -0.2) is 0 Å².